The number of urea groups is 1. The first kappa shape index (κ1) is 15.1. The van der Waals surface area contributed by atoms with Crippen molar-refractivity contribution in [3.63, 3.8) is 0 Å². The number of piperidine rings is 1. The first-order valence-corrected chi connectivity index (χ1v) is 7.59. The van der Waals surface area contributed by atoms with Gasteiger partial charge in [0.2, 0.25) is 0 Å². The number of likely N-dealkylation sites (tertiary alicyclic amines) is 1. The molecule has 2 atom stereocenters. The van der Waals surface area contributed by atoms with Gasteiger partial charge in [0.15, 0.2) is 0 Å². The third kappa shape index (κ3) is 4.10. The fourth-order valence-corrected chi connectivity index (χ4v) is 3.18. The number of aliphatic carboxylic acids is 1. The SMILES string of the molecule is NC1CCCCC1NC(=O)N1CCC(CC(=O)O)CC1. The van der Waals surface area contributed by atoms with Crippen LogP contribution in [-0.2, 0) is 4.79 Å². The molecule has 1 aliphatic carbocycles. The van der Waals surface area contributed by atoms with Crippen molar-refractivity contribution in [2.75, 3.05) is 13.1 Å². The Balaban J connectivity index is 1.75. The molecular weight excluding hydrogens is 258 g/mol. The maximum atomic E-state index is 12.2. The molecule has 1 saturated heterocycles. The van der Waals surface area contributed by atoms with Crippen molar-refractivity contribution in [2.24, 2.45) is 11.7 Å². The number of nitrogens with two attached hydrogens (primary N) is 1. The van der Waals surface area contributed by atoms with E-state index in [1.54, 1.807) is 4.90 Å². The van der Waals surface area contributed by atoms with Crippen LogP contribution in [0.3, 0.4) is 0 Å². The van der Waals surface area contributed by atoms with Crippen LogP contribution in [-0.4, -0.2) is 47.2 Å². The highest BCUT2D eigenvalue weighted by molar-refractivity contribution is 5.74. The highest BCUT2D eigenvalue weighted by Gasteiger charge is 2.28. The average Bonchev–Trinajstić information content (AvgIpc) is 2.41. The maximum Gasteiger partial charge on any atom is 0.317 e. The number of nitrogens with zero attached hydrogens (tertiary/aromatic N) is 1. The van der Waals surface area contributed by atoms with Crippen LogP contribution in [0.15, 0.2) is 0 Å². The van der Waals surface area contributed by atoms with E-state index in [0.717, 1.165) is 38.5 Å². The van der Waals surface area contributed by atoms with Crippen LogP contribution in [0.1, 0.15) is 44.9 Å². The van der Waals surface area contributed by atoms with Crippen molar-refractivity contribution in [2.45, 2.75) is 57.0 Å². The van der Waals surface area contributed by atoms with Crippen LogP contribution < -0.4 is 11.1 Å². The Bertz CT molecular complexity index is 354. The standard InChI is InChI=1S/C14H25N3O3/c15-11-3-1-2-4-12(11)16-14(20)17-7-5-10(6-8-17)9-13(18)19/h10-12H,1-9,15H2,(H,16,20)(H,18,19). The second-order valence-electron chi connectivity index (χ2n) is 6.03. The molecule has 1 heterocycles. The van der Waals surface area contributed by atoms with Crippen molar-refractivity contribution in [3.05, 3.63) is 0 Å². The largest absolute Gasteiger partial charge is 0.481 e. The summed E-state index contributed by atoms with van der Waals surface area (Å²) in [4.78, 5) is 24.6. The van der Waals surface area contributed by atoms with Gasteiger partial charge in [-0.05, 0) is 31.6 Å². The number of carboxylic acids is 1. The molecule has 2 unspecified atom stereocenters. The molecule has 4 N–H and O–H groups in total. The van der Waals surface area contributed by atoms with Gasteiger partial charge in [0.25, 0.3) is 0 Å². The lowest BCUT2D eigenvalue weighted by Crippen LogP contribution is -2.54. The first-order chi connectivity index (χ1) is 9.56. The zero-order valence-electron chi connectivity index (χ0n) is 11.9. The molecule has 20 heavy (non-hydrogen) atoms. The number of carbonyl (C=O) groups is 2. The normalized spacial score (nSPS) is 28.1. The van der Waals surface area contributed by atoms with Gasteiger partial charge in [0.05, 0.1) is 0 Å². The van der Waals surface area contributed by atoms with Gasteiger partial charge < -0.3 is 21.1 Å². The Morgan fingerprint density at radius 2 is 1.80 bits per heavy atom. The predicted octanol–water partition coefficient (Wildman–Crippen LogP) is 1.15. The highest BCUT2D eigenvalue weighted by Crippen LogP contribution is 2.21. The summed E-state index contributed by atoms with van der Waals surface area (Å²) in [5.41, 5.74) is 6.04. The van der Waals surface area contributed by atoms with Gasteiger partial charge in [0, 0.05) is 31.6 Å². The Morgan fingerprint density at radius 3 is 2.40 bits per heavy atom. The van der Waals surface area contributed by atoms with Gasteiger partial charge in [-0.2, -0.15) is 0 Å². The van der Waals surface area contributed by atoms with Crippen molar-refractivity contribution >= 4 is 12.0 Å². The van der Waals surface area contributed by atoms with E-state index in [9.17, 15) is 9.59 Å². The van der Waals surface area contributed by atoms with Crippen LogP contribution >= 0.6 is 0 Å². The molecule has 0 aromatic rings. The van der Waals surface area contributed by atoms with E-state index in [2.05, 4.69) is 5.32 Å². The van der Waals surface area contributed by atoms with Gasteiger partial charge in [-0.25, -0.2) is 4.79 Å². The number of hydrogen-bond donors (Lipinski definition) is 3. The highest BCUT2D eigenvalue weighted by atomic mass is 16.4. The van der Waals surface area contributed by atoms with E-state index in [1.165, 1.54) is 0 Å². The van der Waals surface area contributed by atoms with Crippen molar-refractivity contribution < 1.29 is 14.7 Å². The third-order valence-corrected chi connectivity index (χ3v) is 4.49. The Kier molecular flexibility index (Phi) is 5.23. The number of carboxylic acid groups (broad SMARTS) is 1. The summed E-state index contributed by atoms with van der Waals surface area (Å²) < 4.78 is 0. The van der Waals surface area contributed by atoms with E-state index in [0.29, 0.717) is 13.1 Å². The molecule has 0 radical (unpaired) electrons. The zero-order valence-corrected chi connectivity index (χ0v) is 11.9. The molecule has 2 aliphatic rings. The molecule has 1 aliphatic heterocycles. The summed E-state index contributed by atoms with van der Waals surface area (Å²) in [6.07, 6.45) is 5.97. The lowest BCUT2D eigenvalue weighted by molar-refractivity contribution is -0.138. The zero-order chi connectivity index (χ0) is 14.5. The molecule has 0 spiro atoms. The number of hydrogen-bond acceptors (Lipinski definition) is 3. The van der Waals surface area contributed by atoms with E-state index >= 15 is 0 Å². The molecule has 2 amide bonds. The third-order valence-electron chi connectivity index (χ3n) is 4.49. The molecule has 2 fully saturated rings. The molecule has 0 aromatic carbocycles. The van der Waals surface area contributed by atoms with Gasteiger partial charge in [-0.3, -0.25) is 4.79 Å². The Hall–Kier alpha value is -1.30. The first-order valence-electron chi connectivity index (χ1n) is 7.59. The summed E-state index contributed by atoms with van der Waals surface area (Å²) in [6, 6.07) is 0.117. The molecule has 0 aromatic heterocycles. The lowest BCUT2D eigenvalue weighted by Gasteiger charge is -2.35. The van der Waals surface area contributed by atoms with Crippen LogP contribution in [0.4, 0.5) is 4.79 Å². The van der Waals surface area contributed by atoms with Gasteiger partial charge >= 0.3 is 12.0 Å². The molecule has 6 nitrogen and oxygen atoms in total. The Labute approximate surface area is 119 Å². The van der Waals surface area contributed by atoms with Crippen LogP contribution in [0.25, 0.3) is 0 Å². The van der Waals surface area contributed by atoms with Gasteiger partial charge in [-0.15, -0.1) is 0 Å². The monoisotopic (exact) mass is 283 g/mol. The van der Waals surface area contributed by atoms with Crippen molar-refractivity contribution in [1.82, 2.24) is 10.2 Å². The second kappa shape index (κ2) is 6.92. The van der Waals surface area contributed by atoms with E-state index in [4.69, 9.17) is 10.8 Å². The summed E-state index contributed by atoms with van der Waals surface area (Å²) in [5.74, 6) is -0.547. The summed E-state index contributed by atoms with van der Waals surface area (Å²) in [5, 5.41) is 11.8. The van der Waals surface area contributed by atoms with Gasteiger partial charge in [0.1, 0.15) is 0 Å². The number of amides is 2. The lowest BCUT2D eigenvalue weighted by atomic mass is 9.91. The minimum Gasteiger partial charge on any atom is -0.481 e. The second-order valence-corrected chi connectivity index (χ2v) is 6.03. The smallest absolute Gasteiger partial charge is 0.317 e. The van der Waals surface area contributed by atoms with E-state index in [1.807, 2.05) is 0 Å². The molecule has 1 saturated carbocycles. The fourth-order valence-electron chi connectivity index (χ4n) is 3.18. The van der Waals surface area contributed by atoms with Crippen molar-refractivity contribution in [3.8, 4) is 0 Å². The minimum atomic E-state index is -0.749. The Morgan fingerprint density at radius 1 is 1.15 bits per heavy atom. The summed E-state index contributed by atoms with van der Waals surface area (Å²) >= 11 is 0. The topological polar surface area (TPSA) is 95.7 Å². The maximum absolute atomic E-state index is 12.2. The van der Waals surface area contributed by atoms with E-state index < -0.39 is 5.97 Å². The van der Waals surface area contributed by atoms with Crippen molar-refractivity contribution in [1.29, 1.82) is 0 Å². The molecule has 0 bridgehead atoms. The quantitative estimate of drug-likeness (QED) is 0.724. The summed E-state index contributed by atoms with van der Waals surface area (Å²) in [7, 11) is 0. The number of rotatable bonds is 3. The molecule has 2 rings (SSSR count). The summed E-state index contributed by atoms with van der Waals surface area (Å²) in [6.45, 7) is 1.29. The minimum absolute atomic E-state index is 0.0406. The fraction of sp³-hybridized carbons (Fsp3) is 0.857. The van der Waals surface area contributed by atoms with Crippen LogP contribution in [0.2, 0.25) is 0 Å². The number of nitrogens with one attached hydrogen (secondary N) is 1. The van der Waals surface area contributed by atoms with Gasteiger partial charge in [-0.1, -0.05) is 12.8 Å². The van der Waals surface area contributed by atoms with Crippen LogP contribution in [0, 0.1) is 5.92 Å². The molecular formula is C14H25N3O3. The van der Waals surface area contributed by atoms with Crippen LogP contribution in [0.5, 0.6) is 0 Å². The number of carbonyl (C=O) groups excluding carboxylic acids is 1. The molecule has 114 valence electrons. The van der Waals surface area contributed by atoms with E-state index in [-0.39, 0.29) is 30.5 Å². The predicted molar refractivity (Wildman–Crippen MR) is 75.3 cm³/mol. The molecule has 6 heteroatoms. The average molecular weight is 283 g/mol.